The van der Waals surface area contributed by atoms with Crippen LogP contribution in [0.3, 0.4) is 0 Å². The lowest BCUT2D eigenvalue weighted by molar-refractivity contribution is -0.192. The van der Waals surface area contributed by atoms with Gasteiger partial charge in [-0.25, -0.2) is 9.59 Å². The number of hydrogen-bond donors (Lipinski definition) is 4. The fourth-order valence-corrected chi connectivity index (χ4v) is 4.39. The molecule has 0 unspecified atom stereocenters. The molecule has 0 saturated carbocycles. The summed E-state index contributed by atoms with van der Waals surface area (Å²) in [5, 5.41) is 24.0. The lowest BCUT2D eigenvalue weighted by atomic mass is 10.0. The van der Waals surface area contributed by atoms with Crippen LogP contribution in [0.5, 0.6) is 0 Å². The Balaban J connectivity index is 0.000000860. The molecule has 0 bridgehead atoms. The first-order chi connectivity index (χ1) is 20.7. The number of alkyl halides is 3. The Morgan fingerprint density at radius 1 is 1.09 bits per heavy atom. The minimum Gasteiger partial charge on any atom is -0.475 e. The smallest absolute Gasteiger partial charge is 0.475 e. The van der Waals surface area contributed by atoms with Crippen LogP contribution in [0.2, 0.25) is 0 Å². The zero-order valence-corrected chi connectivity index (χ0v) is 24.7. The molecule has 1 fully saturated rings. The van der Waals surface area contributed by atoms with E-state index in [2.05, 4.69) is 33.0 Å². The molecule has 4 N–H and O–H groups in total. The van der Waals surface area contributed by atoms with Crippen LogP contribution in [0.1, 0.15) is 42.6 Å². The number of carboxylic acid groups (broad SMARTS) is 1. The second kappa shape index (κ2) is 16.9. The molecule has 44 heavy (non-hydrogen) atoms. The molecular weight excluding hydrogens is 581 g/mol. The van der Waals surface area contributed by atoms with Crippen molar-refractivity contribution in [1.82, 2.24) is 20.4 Å². The largest absolute Gasteiger partial charge is 0.490 e. The van der Waals surface area contributed by atoms with Crippen molar-refractivity contribution in [3.05, 3.63) is 65.7 Å². The summed E-state index contributed by atoms with van der Waals surface area (Å²) < 4.78 is 31.7. The van der Waals surface area contributed by atoms with E-state index in [1.807, 2.05) is 38.1 Å². The third kappa shape index (κ3) is 11.9. The van der Waals surface area contributed by atoms with Crippen molar-refractivity contribution in [3.63, 3.8) is 0 Å². The highest BCUT2D eigenvalue weighted by atomic mass is 19.4. The minimum absolute atomic E-state index is 0.113. The van der Waals surface area contributed by atoms with Crippen LogP contribution < -0.4 is 16.0 Å². The van der Waals surface area contributed by atoms with Gasteiger partial charge in [-0.3, -0.25) is 14.5 Å². The first-order valence-electron chi connectivity index (χ1n) is 13.9. The SMILES string of the molecule is CC(C)C[C@H](NC(=O)c1ccc(NC(=O)N(C)[C@H]2CCN(Cc3ccccc3)C2)cc1)C(=O)NCC#N.O=C(O)C(F)(F)F. The topological polar surface area (TPSA) is 155 Å². The average molecular weight is 619 g/mol. The number of nitrogens with one attached hydrogen (secondary N) is 3. The van der Waals surface area contributed by atoms with E-state index < -0.39 is 24.1 Å². The molecule has 14 heteroatoms. The maximum absolute atomic E-state index is 12.8. The summed E-state index contributed by atoms with van der Waals surface area (Å²) >= 11 is 0. The van der Waals surface area contributed by atoms with Gasteiger partial charge in [0, 0.05) is 44.0 Å². The van der Waals surface area contributed by atoms with Crippen molar-refractivity contribution in [2.75, 3.05) is 32.0 Å². The zero-order valence-electron chi connectivity index (χ0n) is 24.7. The molecule has 1 aliphatic rings. The second-order valence-corrected chi connectivity index (χ2v) is 10.6. The Hall–Kier alpha value is -4.64. The number of nitrogens with zero attached hydrogens (tertiary/aromatic N) is 3. The highest BCUT2D eigenvalue weighted by Crippen LogP contribution is 2.19. The molecule has 0 spiro atoms. The van der Waals surface area contributed by atoms with Gasteiger partial charge in [-0.05, 0) is 48.6 Å². The molecule has 3 rings (SSSR count). The predicted octanol–water partition coefficient (Wildman–Crippen LogP) is 3.84. The number of urea groups is 1. The normalized spacial score (nSPS) is 15.3. The molecule has 1 heterocycles. The van der Waals surface area contributed by atoms with Crippen molar-refractivity contribution in [2.45, 2.75) is 51.5 Å². The molecule has 1 aliphatic heterocycles. The van der Waals surface area contributed by atoms with Crippen LogP contribution in [0.15, 0.2) is 54.6 Å². The van der Waals surface area contributed by atoms with Crippen LogP contribution in [0.25, 0.3) is 0 Å². The van der Waals surface area contributed by atoms with Crippen molar-refractivity contribution >= 4 is 29.5 Å². The van der Waals surface area contributed by atoms with Crippen molar-refractivity contribution < 1.29 is 37.5 Å². The summed E-state index contributed by atoms with van der Waals surface area (Å²) in [5.41, 5.74) is 2.22. The van der Waals surface area contributed by atoms with E-state index in [1.165, 1.54) is 5.56 Å². The summed E-state index contributed by atoms with van der Waals surface area (Å²) in [7, 11) is 1.81. The molecule has 4 amide bonds. The number of likely N-dealkylation sites (tertiary alicyclic amines) is 1. The number of nitriles is 1. The maximum atomic E-state index is 12.8. The summed E-state index contributed by atoms with van der Waals surface area (Å²) in [6, 6.07) is 17.9. The number of rotatable bonds is 10. The van der Waals surface area contributed by atoms with Crippen LogP contribution >= 0.6 is 0 Å². The second-order valence-electron chi connectivity index (χ2n) is 10.6. The Kier molecular flexibility index (Phi) is 13.6. The fourth-order valence-electron chi connectivity index (χ4n) is 4.39. The van der Waals surface area contributed by atoms with Gasteiger partial charge in [0.1, 0.15) is 12.6 Å². The first-order valence-corrected chi connectivity index (χ1v) is 13.9. The van der Waals surface area contributed by atoms with Gasteiger partial charge in [-0.1, -0.05) is 44.2 Å². The fraction of sp³-hybridized carbons (Fsp3) is 0.433. The number of aliphatic carboxylic acids is 1. The molecule has 0 aliphatic carbocycles. The molecule has 1 saturated heterocycles. The number of carbonyl (C=O) groups excluding carboxylic acids is 3. The number of halogens is 3. The molecule has 2 aromatic rings. The van der Waals surface area contributed by atoms with E-state index in [4.69, 9.17) is 15.2 Å². The van der Waals surface area contributed by atoms with Crippen LogP contribution in [-0.2, 0) is 16.1 Å². The lowest BCUT2D eigenvalue weighted by Gasteiger charge is -2.25. The van der Waals surface area contributed by atoms with Gasteiger partial charge in [0.05, 0.1) is 6.07 Å². The van der Waals surface area contributed by atoms with E-state index in [0.717, 1.165) is 26.1 Å². The van der Waals surface area contributed by atoms with E-state index in [1.54, 1.807) is 36.2 Å². The summed E-state index contributed by atoms with van der Waals surface area (Å²) in [6.07, 6.45) is -3.72. The average Bonchev–Trinajstić information content (AvgIpc) is 3.43. The van der Waals surface area contributed by atoms with Crippen molar-refractivity contribution in [2.24, 2.45) is 5.92 Å². The number of hydrogen-bond acceptors (Lipinski definition) is 6. The van der Waals surface area contributed by atoms with Crippen molar-refractivity contribution in [1.29, 1.82) is 5.26 Å². The minimum atomic E-state index is -5.08. The number of carboxylic acids is 1. The number of anilines is 1. The molecule has 11 nitrogen and oxygen atoms in total. The first kappa shape index (κ1) is 35.6. The Morgan fingerprint density at radius 2 is 1.70 bits per heavy atom. The monoisotopic (exact) mass is 618 g/mol. The highest BCUT2D eigenvalue weighted by molar-refractivity contribution is 5.98. The summed E-state index contributed by atoms with van der Waals surface area (Å²) in [4.78, 5) is 50.9. The lowest BCUT2D eigenvalue weighted by Crippen LogP contribution is -2.47. The molecule has 0 radical (unpaired) electrons. The summed E-state index contributed by atoms with van der Waals surface area (Å²) in [6.45, 7) is 6.42. The Bertz CT molecular complexity index is 1300. The quantitative estimate of drug-likeness (QED) is 0.295. The summed E-state index contributed by atoms with van der Waals surface area (Å²) in [5.74, 6) is -3.35. The van der Waals surface area contributed by atoms with Gasteiger partial charge in [0.15, 0.2) is 0 Å². The van der Waals surface area contributed by atoms with Gasteiger partial charge in [0.2, 0.25) is 5.91 Å². The molecule has 2 atom stereocenters. The number of benzene rings is 2. The molecule has 238 valence electrons. The zero-order chi connectivity index (χ0) is 32.9. The van der Waals surface area contributed by atoms with Crippen LogP contribution in [0.4, 0.5) is 23.7 Å². The van der Waals surface area contributed by atoms with Gasteiger partial charge in [0.25, 0.3) is 5.91 Å². The van der Waals surface area contributed by atoms with E-state index >= 15 is 0 Å². The highest BCUT2D eigenvalue weighted by Gasteiger charge is 2.38. The predicted molar refractivity (Wildman–Crippen MR) is 156 cm³/mol. The molecular formula is C30H37F3N6O5. The standard InChI is InChI=1S/C28H36N6O3.C2HF3O2/c1-20(2)17-25(27(36)30-15-14-29)32-26(35)22-9-11-23(12-10-22)31-28(37)33(3)24-13-16-34(19-24)18-21-7-5-4-6-8-21;3-2(4,5)1(6)7/h4-12,20,24-25H,13,15-19H2,1-3H3,(H,30,36)(H,31,37)(H,32,35);(H,6,7)/t24-,25-;/m0./s1. The number of carbonyl (C=O) groups is 4. The number of likely N-dealkylation sites (N-methyl/N-ethyl adjacent to an activating group) is 1. The van der Waals surface area contributed by atoms with E-state index in [9.17, 15) is 27.6 Å². The maximum Gasteiger partial charge on any atom is 0.490 e. The third-order valence-electron chi connectivity index (χ3n) is 6.68. The van der Waals surface area contributed by atoms with Gasteiger partial charge < -0.3 is 26.0 Å². The van der Waals surface area contributed by atoms with Gasteiger partial charge in [-0.15, -0.1) is 0 Å². The van der Waals surface area contributed by atoms with Gasteiger partial charge in [-0.2, -0.15) is 18.4 Å². The van der Waals surface area contributed by atoms with Crippen LogP contribution in [-0.4, -0.2) is 83.7 Å². The van der Waals surface area contributed by atoms with Gasteiger partial charge >= 0.3 is 18.2 Å². The van der Waals surface area contributed by atoms with Crippen LogP contribution in [0, 0.1) is 17.2 Å². The molecule has 0 aromatic heterocycles. The van der Waals surface area contributed by atoms with Crippen molar-refractivity contribution in [3.8, 4) is 6.07 Å². The Morgan fingerprint density at radius 3 is 2.25 bits per heavy atom. The number of amides is 4. The third-order valence-corrected chi connectivity index (χ3v) is 6.68. The Labute approximate surface area is 254 Å². The van der Waals surface area contributed by atoms with E-state index in [-0.39, 0.29) is 30.4 Å². The van der Waals surface area contributed by atoms with E-state index in [0.29, 0.717) is 17.7 Å². The molecule has 2 aromatic carbocycles.